The van der Waals surface area contributed by atoms with E-state index >= 15 is 0 Å². The van der Waals surface area contributed by atoms with Crippen LogP contribution in [0, 0.1) is 0 Å². The zero-order valence-electron chi connectivity index (χ0n) is 15.7. The fourth-order valence-corrected chi connectivity index (χ4v) is 2.79. The fraction of sp³-hybridized carbons (Fsp3) is 0.0476. The number of carbonyl (C=O) groups excluding carboxylic acids is 1. The molecule has 4 rings (SSSR count). The lowest BCUT2D eigenvalue weighted by molar-refractivity contribution is -0.137. The molecule has 31 heavy (non-hydrogen) atoms. The standard InChI is InChI=1S/C21H14F3N5O2/c22-21(23,24)15-8-10-16(11-9-15)25-20(30)18(13-17-7-4-12-31-17)29-19(26-27-28-29)14-5-2-1-3-6-14/h1-13H,(H,25,30)/b18-13-. The van der Waals surface area contributed by atoms with Crippen molar-refractivity contribution in [2.45, 2.75) is 6.18 Å². The largest absolute Gasteiger partial charge is 0.465 e. The fourth-order valence-electron chi connectivity index (χ4n) is 2.79. The monoisotopic (exact) mass is 425 g/mol. The molecule has 0 aliphatic carbocycles. The summed E-state index contributed by atoms with van der Waals surface area (Å²) in [6.45, 7) is 0. The molecule has 7 nitrogen and oxygen atoms in total. The first-order valence-electron chi connectivity index (χ1n) is 9.00. The van der Waals surface area contributed by atoms with Gasteiger partial charge in [0.2, 0.25) is 0 Å². The lowest BCUT2D eigenvalue weighted by Gasteiger charge is -2.11. The molecular formula is C21H14F3N5O2. The number of nitrogens with zero attached hydrogens (tertiary/aromatic N) is 4. The number of nitrogens with one attached hydrogen (secondary N) is 1. The highest BCUT2D eigenvalue weighted by Crippen LogP contribution is 2.30. The van der Waals surface area contributed by atoms with Crippen LogP contribution in [-0.4, -0.2) is 26.1 Å². The molecule has 0 spiro atoms. The van der Waals surface area contributed by atoms with Crippen molar-refractivity contribution in [2.75, 3.05) is 5.32 Å². The van der Waals surface area contributed by atoms with Gasteiger partial charge in [0.1, 0.15) is 11.5 Å². The van der Waals surface area contributed by atoms with Crippen LogP contribution in [-0.2, 0) is 11.0 Å². The number of amides is 1. The number of anilines is 1. The number of rotatable bonds is 5. The molecule has 0 bridgehead atoms. The molecule has 2 aromatic carbocycles. The van der Waals surface area contributed by atoms with Gasteiger partial charge in [-0.1, -0.05) is 30.3 Å². The van der Waals surface area contributed by atoms with Crippen LogP contribution in [0.25, 0.3) is 23.2 Å². The summed E-state index contributed by atoms with van der Waals surface area (Å²) in [6.07, 6.45) is -1.60. The van der Waals surface area contributed by atoms with Crippen molar-refractivity contribution in [1.82, 2.24) is 20.2 Å². The summed E-state index contributed by atoms with van der Waals surface area (Å²) in [6, 6.07) is 16.4. The van der Waals surface area contributed by atoms with Gasteiger partial charge >= 0.3 is 6.18 Å². The van der Waals surface area contributed by atoms with Crippen LogP contribution < -0.4 is 5.32 Å². The van der Waals surface area contributed by atoms with Gasteiger partial charge in [0.15, 0.2) is 5.82 Å². The SMILES string of the molecule is O=C(Nc1ccc(C(F)(F)F)cc1)/C(=C/c1ccco1)n1nnnc1-c1ccccc1. The Morgan fingerprint density at radius 2 is 1.74 bits per heavy atom. The second-order valence-electron chi connectivity index (χ2n) is 6.35. The Hall–Kier alpha value is -4.21. The third-order valence-corrected chi connectivity index (χ3v) is 4.25. The van der Waals surface area contributed by atoms with Gasteiger partial charge in [-0.2, -0.15) is 17.9 Å². The van der Waals surface area contributed by atoms with Crippen LogP contribution in [0.4, 0.5) is 18.9 Å². The number of furan rings is 1. The Morgan fingerprint density at radius 3 is 2.39 bits per heavy atom. The summed E-state index contributed by atoms with van der Waals surface area (Å²) < 4.78 is 44.9. The third kappa shape index (κ3) is 4.53. The summed E-state index contributed by atoms with van der Waals surface area (Å²) in [5.41, 5.74) is 0.0419. The number of alkyl halides is 3. The molecule has 0 aliphatic heterocycles. The van der Waals surface area contributed by atoms with E-state index in [1.807, 2.05) is 6.07 Å². The molecule has 4 aromatic rings. The molecule has 2 heterocycles. The first-order chi connectivity index (χ1) is 14.9. The van der Waals surface area contributed by atoms with Crippen molar-refractivity contribution >= 4 is 23.4 Å². The predicted octanol–water partition coefficient (Wildman–Crippen LogP) is 4.59. The average molecular weight is 425 g/mol. The van der Waals surface area contributed by atoms with E-state index in [4.69, 9.17) is 4.42 Å². The Bertz CT molecular complexity index is 1200. The van der Waals surface area contributed by atoms with Crippen molar-refractivity contribution in [3.63, 3.8) is 0 Å². The van der Waals surface area contributed by atoms with Crippen molar-refractivity contribution < 1.29 is 22.4 Å². The molecule has 0 fully saturated rings. The van der Waals surface area contributed by atoms with Gasteiger partial charge in [-0.05, 0) is 46.8 Å². The van der Waals surface area contributed by atoms with Crippen LogP contribution in [0.1, 0.15) is 11.3 Å². The van der Waals surface area contributed by atoms with Crippen LogP contribution >= 0.6 is 0 Å². The number of aromatic nitrogens is 4. The molecule has 0 atom stereocenters. The Kier molecular flexibility index (Phi) is 5.35. The molecule has 156 valence electrons. The number of halogens is 3. The molecule has 0 unspecified atom stereocenters. The lowest BCUT2D eigenvalue weighted by Crippen LogP contribution is -2.19. The van der Waals surface area contributed by atoms with Crippen LogP contribution in [0.3, 0.4) is 0 Å². The minimum Gasteiger partial charge on any atom is -0.465 e. The summed E-state index contributed by atoms with van der Waals surface area (Å²) in [4.78, 5) is 13.0. The minimum absolute atomic E-state index is 0.0127. The van der Waals surface area contributed by atoms with E-state index in [9.17, 15) is 18.0 Å². The number of carbonyl (C=O) groups is 1. The zero-order valence-corrected chi connectivity index (χ0v) is 15.7. The number of hydrogen-bond acceptors (Lipinski definition) is 5. The molecule has 10 heteroatoms. The van der Waals surface area contributed by atoms with Gasteiger partial charge in [0.05, 0.1) is 11.8 Å². The van der Waals surface area contributed by atoms with E-state index in [1.54, 1.807) is 36.4 Å². The summed E-state index contributed by atoms with van der Waals surface area (Å²) in [5.74, 6) is 0.0358. The molecule has 1 N–H and O–H groups in total. The summed E-state index contributed by atoms with van der Waals surface area (Å²) >= 11 is 0. The highest BCUT2D eigenvalue weighted by Gasteiger charge is 2.30. The Morgan fingerprint density at radius 1 is 1.00 bits per heavy atom. The molecule has 0 saturated carbocycles. The first kappa shape index (κ1) is 20.1. The Labute approximate surface area is 173 Å². The van der Waals surface area contributed by atoms with E-state index in [1.165, 1.54) is 29.2 Å². The maximum absolute atomic E-state index is 13.0. The molecule has 1 amide bonds. The van der Waals surface area contributed by atoms with Crippen LogP contribution in [0.2, 0.25) is 0 Å². The molecular weight excluding hydrogens is 411 g/mol. The molecule has 0 radical (unpaired) electrons. The van der Waals surface area contributed by atoms with E-state index in [2.05, 4.69) is 20.8 Å². The molecule has 0 aliphatic rings. The second-order valence-corrected chi connectivity index (χ2v) is 6.35. The number of benzene rings is 2. The normalized spacial score (nSPS) is 12.0. The van der Waals surface area contributed by atoms with Crippen molar-refractivity contribution in [2.24, 2.45) is 0 Å². The maximum atomic E-state index is 13.0. The second kappa shape index (κ2) is 8.27. The smallest absolute Gasteiger partial charge is 0.416 e. The predicted molar refractivity (Wildman–Crippen MR) is 106 cm³/mol. The number of hydrogen-bond donors (Lipinski definition) is 1. The van der Waals surface area contributed by atoms with Crippen molar-refractivity contribution in [3.05, 3.63) is 84.3 Å². The van der Waals surface area contributed by atoms with Gasteiger partial charge in [-0.15, -0.1) is 5.10 Å². The zero-order chi connectivity index (χ0) is 21.8. The number of tetrazole rings is 1. The summed E-state index contributed by atoms with van der Waals surface area (Å²) in [7, 11) is 0. The Balaban J connectivity index is 1.69. The van der Waals surface area contributed by atoms with Crippen LogP contribution in [0.15, 0.2) is 77.4 Å². The van der Waals surface area contributed by atoms with Gasteiger partial charge in [-0.3, -0.25) is 4.79 Å². The lowest BCUT2D eigenvalue weighted by atomic mass is 10.2. The highest BCUT2D eigenvalue weighted by molar-refractivity contribution is 6.24. The quantitative estimate of drug-likeness (QED) is 0.473. The first-order valence-corrected chi connectivity index (χ1v) is 9.00. The van der Waals surface area contributed by atoms with Crippen molar-refractivity contribution in [3.8, 4) is 11.4 Å². The topological polar surface area (TPSA) is 85.8 Å². The van der Waals surface area contributed by atoms with Crippen LogP contribution in [0.5, 0.6) is 0 Å². The van der Waals surface area contributed by atoms with E-state index in [0.29, 0.717) is 17.1 Å². The van der Waals surface area contributed by atoms with E-state index in [-0.39, 0.29) is 11.4 Å². The van der Waals surface area contributed by atoms with Gasteiger partial charge in [0.25, 0.3) is 5.91 Å². The van der Waals surface area contributed by atoms with Gasteiger partial charge in [0, 0.05) is 17.3 Å². The van der Waals surface area contributed by atoms with Gasteiger partial charge < -0.3 is 9.73 Å². The molecule has 0 saturated heterocycles. The average Bonchev–Trinajstić information content (AvgIpc) is 3.44. The highest BCUT2D eigenvalue weighted by atomic mass is 19.4. The van der Waals surface area contributed by atoms with Gasteiger partial charge in [-0.25, -0.2) is 0 Å². The van der Waals surface area contributed by atoms with E-state index in [0.717, 1.165) is 12.1 Å². The third-order valence-electron chi connectivity index (χ3n) is 4.25. The molecule has 2 aromatic heterocycles. The minimum atomic E-state index is -4.47. The van der Waals surface area contributed by atoms with E-state index < -0.39 is 17.6 Å². The maximum Gasteiger partial charge on any atom is 0.416 e. The summed E-state index contributed by atoms with van der Waals surface area (Å²) in [5, 5.41) is 14.1. The van der Waals surface area contributed by atoms with Crippen molar-refractivity contribution in [1.29, 1.82) is 0 Å².